The topological polar surface area (TPSA) is 38.5 Å². The second-order valence-electron chi connectivity index (χ2n) is 6.29. The van der Waals surface area contributed by atoms with Gasteiger partial charge in [0.15, 0.2) is 0 Å². The molecule has 0 saturated carbocycles. The average molecular weight is 278 g/mol. The number of ether oxygens (including phenoxy) is 1. The summed E-state index contributed by atoms with van der Waals surface area (Å²) in [5, 5.41) is 0. The molecule has 1 aromatic carbocycles. The molecule has 0 aliphatic rings. The lowest BCUT2D eigenvalue weighted by molar-refractivity contribution is 0.140. The molecule has 1 atom stereocenters. The highest BCUT2D eigenvalue weighted by Gasteiger charge is 2.23. The van der Waals surface area contributed by atoms with Gasteiger partial charge in [0.1, 0.15) is 5.75 Å². The number of hydrogen-bond acceptors (Lipinski definition) is 3. The minimum absolute atomic E-state index is 0.149. The molecule has 0 spiro atoms. The molecule has 0 heterocycles. The summed E-state index contributed by atoms with van der Waals surface area (Å²) in [6.07, 6.45) is 1.15. The van der Waals surface area contributed by atoms with Gasteiger partial charge in [0.05, 0.1) is 7.11 Å². The Labute approximate surface area is 124 Å². The van der Waals surface area contributed by atoms with E-state index in [0.717, 1.165) is 25.3 Å². The van der Waals surface area contributed by atoms with Crippen LogP contribution in [-0.2, 0) is 0 Å². The Morgan fingerprint density at radius 1 is 1.25 bits per heavy atom. The van der Waals surface area contributed by atoms with Crippen molar-refractivity contribution >= 4 is 0 Å². The Kier molecular flexibility index (Phi) is 6.50. The van der Waals surface area contributed by atoms with Crippen LogP contribution in [0.4, 0.5) is 0 Å². The molecular formula is C17H30N2O. The van der Waals surface area contributed by atoms with Crippen molar-refractivity contribution in [1.82, 2.24) is 4.90 Å². The molecule has 3 heteroatoms. The van der Waals surface area contributed by atoms with Crippen LogP contribution in [0.2, 0.25) is 0 Å². The van der Waals surface area contributed by atoms with Crippen LogP contribution in [0.5, 0.6) is 5.75 Å². The van der Waals surface area contributed by atoms with Crippen LogP contribution in [-0.4, -0.2) is 31.6 Å². The standard InChI is InChI=1S/C17H30N2O/c1-6-11-19(13-17(3,4)12-18)14(2)15-7-9-16(20-5)10-8-15/h7-10,14H,6,11-13,18H2,1-5H3. The van der Waals surface area contributed by atoms with Crippen molar-refractivity contribution in [3.8, 4) is 5.75 Å². The maximum atomic E-state index is 5.88. The summed E-state index contributed by atoms with van der Waals surface area (Å²) in [5.41, 5.74) is 7.36. The second kappa shape index (κ2) is 7.65. The predicted octanol–water partition coefficient (Wildman–Crippen LogP) is 3.45. The molecule has 3 nitrogen and oxygen atoms in total. The van der Waals surface area contributed by atoms with Crippen molar-refractivity contribution in [2.45, 2.75) is 40.2 Å². The number of nitrogens with two attached hydrogens (primary N) is 1. The SMILES string of the molecule is CCCN(CC(C)(C)CN)C(C)c1ccc(OC)cc1. The normalized spacial score (nSPS) is 13.6. The van der Waals surface area contributed by atoms with Crippen LogP contribution in [0.15, 0.2) is 24.3 Å². The molecule has 0 saturated heterocycles. The number of nitrogens with zero attached hydrogens (tertiary/aromatic N) is 1. The van der Waals surface area contributed by atoms with Crippen molar-refractivity contribution in [2.75, 3.05) is 26.7 Å². The Morgan fingerprint density at radius 2 is 1.85 bits per heavy atom. The van der Waals surface area contributed by atoms with Crippen LogP contribution in [0.1, 0.15) is 45.7 Å². The smallest absolute Gasteiger partial charge is 0.118 e. The van der Waals surface area contributed by atoms with Gasteiger partial charge in [-0.25, -0.2) is 0 Å². The maximum absolute atomic E-state index is 5.88. The molecule has 0 fully saturated rings. The summed E-state index contributed by atoms with van der Waals surface area (Å²) < 4.78 is 5.22. The fourth-order valence-corrected chi connectivity index (χ4v) is 2.40. The molecule has 0 radical (unpaired) electrons. The quantitative estimate of drug-likeness (QED) is 0.791. The predicted molar refractivity (Wildman–Crippen MR) is 86.1 cm³/mol. The first kappa shape index (κ1) is 17.0. The van der Waals surface area contributed by atoms with Crippen molar-refractivity contribution < 1.29 is 4.74 Å². The maximum Gasteiger partial charge on any atom is 0.118 e. The molecule has 0 amide bonds. The zero-order valence-corrected chi connectivity index (χ0v) is 13.6. The Balaban J connectivity index is 2.83. The van der Waals surface area contributed by atoms with Crippen LogP contribution >= 0.6 is 0 Å². The molecule has 114 valence electrons. The van der Waals surface area contributed by atoms with E-state index in [1.165, 1.54) is 5.56 Å². The number of methoxy groups -OCH3 is 1. The summed E-state index contributed by atoms with van der Waals surface area (Å²) in [7, 11) is 1.70. The molecule has 0 aromatic heterocycles. The summed E-state index contributed by atoms with van der Waals surface area (Å²) >= 11 is 0. The van der Waals surface area contributed by atoms with Crippen LogP contribution in [0.3, 0.4) is 0 Å². The zero-order valence-electron chi connectivity index (χ0n) is 13.6. The second-order valence-corrected chi connectivity index (χ2v) is 6.29. The minimum Gasteiger partial charge on any atom is -0.497 e. The third-order valence-corrected chi connectivity index (χ3v) is 3.84. The monoisotopic (exact) mass is 278 g/mol. The van der Waals surface area contributed by atoms with E-state index in [4.69, 9.17) is 10.5 Å². The van der Waals surface area contributed by atoms with Crippen LogP contribution < -0.4 is 10.5 Å². The molecular weight excluding hydrogens is 248 g/mol. The lowest BCUT2D eigenvalue weighted by atomic mass is 9.91. The van der Waals surface area contributed by atoms with E-state index in [2.05, 4.69) is 44.7 Å². The Morgan fingerprint density at radius 3 is 2.30 bits per heavy atom. The first-order chi connectivity index (χ1) is 9.43. The summed E-state index contributed by atoms with van der Waals surface area (Å²) in [5.74, 6) is 0.908. The Bertz CT molecular complexity index is 386. The third-order valence-electron chi connectivity index (χ3n) is 3.84. The molecule has 20 heavy (non-hydrogen) atoms. The summed E-state index contributed by atoms with van der Waals surface area (Å²) in [6.45, 7) is 11.8. The van der Waals surface area contributed by atoms with Gasteiger partial charge in [0.25, 0.3) is 0 Å². The largest absolute Gasteiger partial charge is 0.497 e. The zero-order chi connectivity index (χ0) is 15.2. The van der Waals surface area contributed by atoms with Crippen LogP contribution in [0.25, 0.3) is 0 Å². The van der Waals surface area contributed by atoms with Crippen molar-refractivity contribution in [3.05, 3.63) is 29.8 Å². The van der Waals surface area contributed by atoms with E-state index in [1.807, 2.05) is 12.1 Å². The molecule has 0 aliphatic carbocycles. The molecule has 1 rings (SSSR count). The highest BCUT2D eigenvalue weighted by Crippen LogP contribution is 2.26. The first-order valence-corrected chi connectivity index (χ1v) is 7.51. The van der Waals surface area contributed by atoms with E-state index in [-0.39, 0.29) is 5.41 Å². The van der Waals surface area contributed by atoms with Gasteiger partial charge < -0.3 is 10.5 Å². The third kappa shape index (κ3) is 4.80. The van der Waals surface area contributed by atoms with Crippen molar-refractivity contribution in [3.63, 3.8) is 0 Å². The molecule has 2 N–H and O–H groups in total. The summed E-state index contributed by atoms with van der Waals surface area (Å²) in [6, 6.07) is 8.77. The highest BCUT2D eigenvalue weighted by atomic mass is 16.5. The van der Waals surface area contributed by atoms with Crippen LogP contribution in [0, 0.1) is 5.41 Å². The van der Waals surface area contributed by atoms with Crippen molar-refractivity contribution in [2.24, 2.45) is 11.1 Å². The van der Waals surface area contributed by atoms with Gasteiger partial charge in [-0.15, -0.1) is 0 Å². The number of benzene rings is 1. The van der Waals surface area contributed by atoms with E-state index in [1.54, 1.807) is 7.11 Å². The Hall–Kier alpha value is -1.06. The molecule has 1 aromatic rings. The van der Waals surface area contributed by atoms with Gasteiger partial charge >= 0.3 is 0 Å². The fourth-order valence-electron chi connectivity index (χ4n) is 2.40. The van der Waals surface area contributed by atoms with E-state index in [9.17, 15) is 0 Å². The van der Waals surface area contributed by atoms with Gasteiger partial charge in [0, 0.05) is 12.6 Å². The van der Waals surface area contributed by atoms with Gasteiger partial charge in [-0.2, -0.15) is 0 Å². The molecule has 0 aliphatic heterocycles. The molecule has 0 bridgehead atoms. The summed E-state index contributed by atoms with van der Waals surface area (Å²) in [4.78, 5) is 2.52. The van der Waals surface area contributed by atoms with E-state index in [0.29, 0.717) is 12.6 Å². The minimum atomic E-state index is 0.149. The highest BCUT2D eigenvalue weighted by molar-refractivity contribution is 5.28. The first-order valence-electron chi connectivity index (χ1n) is 7.51. The fraction of sp³-hybridized carbons (Fsp3) is 0.647. The lowest BCUT2D eigenvalue weighted by Gasteiger charge is -2.36. The lowest BCUT2D eigenvalue weighted by Crippen LogP contribution is -2.40. The van der Waals surface area contributed by atoms with Gasteiger partial charge in [-0.1, -0.05) is 32.9 Å². The van der Waals surface area contributed by atoms with E-state index >= 15 is 0 Å². The van der Waals surface area contributed by atoms with Gasteiger partial charge in [-0.05, 0) is 49.5 Å². The van der Waals surface area contributed by atoms with Crippen molar-refractivity contribution in [1.29, 1.82) is 0 Å². The average Bonchev–Trinajstić information content (AvgIpc) is 2.46. The van der Waals surface area contributed by atoms with Gasteiger partial charge in [-0.3, -0.25) is 4.90 Å². The number of hydrogen-bond donors (Lipinski definition) is 1. The molecule has 1 unspecified atom stereocenters. The number of rotatable bonds is 8. The van der Waals surface area contributed by atoms with Gasteiger partial charge in [0.2, 0.25) is 0 Å². The van der Waals surface area contributed by atoms with E-state index < -0.39 is 0 Å².